The van der Waals surface area contributed by atoms with Crippen LogP contribution in [0.4, 0.5) is 5.82 Å². The highest BCUT2D eigenvalue weighted by atomic mass is 32.2. The molecule has 114 valence electrons. The quantitative estimate of drug-likeness (QED) is 0.811. The summed E-state index contributed by atoms with van der Waals surface area (Å²) in [5, 5.41) is 13.2. The van der Waals surface area contributed by atoms with Crippen molar-refractivity contribution in [1.29, 1.82) is 0 Å². The molecule has 20 heavy (non-hydrogen) atoms. The predicted molar refractivity (Wildman–Crippen MR) is 75.6 cm³/mol. The minimum absolute atomic E-state index is 0.0194. The smallest absolute Gasteiger partial charge is 0.248 e. The molecule has 1 aromatic rings. The van der Waals surface area contributed by atoms with E-state index in [4.69, 9.17) is 5.73 Å². The molecular weight excluding hydrogens is 280 g/mol. The molecule has 0 amide bonds. The van der Waals surface area contributed by atoms with Crippen molar-refractivity contribution >= 4 is 15.8 Å². The number of aliphatic hydroxyl groups excluding tert-OH is 1. The average molecular weight is 302 g/mol. The first-order valence-electron chi connectivity index (χ1n) is 6.81. The molecule has 0 atom stereocenters. The summed E-state index contributed by atoms with van der Waals surface area (Å²) in [6.45, 7) is 1.58. The Morgan fingerprint density at radius 3 is 2.50 bits per heavy atom. The fraction of sp³-hybridized carbons (Fsp3) is 0.750. The Kier molecular flexibility index (Phi) is 4.36. The van der Waals surface area contributed by atoms with Crippen molar-refractivity contribution in [3.8, 4) is 0 Å². The van der Waals surface area contributed by atoms with E-state index in [-0.39, 0.29) is 29.9 Å². The summed E-state index contributed by atoms with van der Waals surface area (Å²) in [6, 6.07) is -0.0499. The summed E-state index contributed by atoms with van der Waals surface area (Å²) in [5.74, 6) is 0.0194. The number of nitrogen functional groups attached to an aromatic ring is 1. The Hall–Kier alpha value is -1.12. The van der Waals surface area contributed by atoms with Gasteiger partial charge in [0.15, 0.2) is 5.82 Å². The molecule has 1 fully saturated rings. The number of sulfonamides is 1. The fourth-order valence-corrected chi connectivity index (χ4v) is 4.81. The van der Waals surface area contributed by atoms with Gasteiger partial charge in [0.25, 0.3) is 0 Å². The predicted octanol–water partition coefficient (Wildman–Crippen LogP) is 0.236. The average Bonchev–Trinajstić information content (AvgIpc) is 2.96. The lowest BCUT2D eigenvalue weighted by molar-refractivity contribution is 0.226. The normalized spacial score (nSPS) is 17.2. The second-order valence-electron chi connectivity index (χ2n) is 5.20. The monoisotopic (exact) mass is 302 g/mol. The molecule has 0 aliphatic heterocycles. The second-order valence-corrected chi connectivity index (χ2v) is 7.03. The minimum Gasteiger partial charge on any atom is -0.395 e. The van der Waals surface area contributed by atoms with Gasteiger partial charge in [-0.05, 0) is 19.8 Å². The van der Waals surface area contributed by atoms with Gasteiger partial charge in [-0.25, -0.2) is 8.42 Å². The number of hydrogen-bond acceptors (Lipinski definition) is 5. The van der Waals surface area contributed by atoms with E-state index in [0.717, 1.165) is 25.7 Å². The van der Waals surface area contributed by atoms with Gasteiger partial charge in [-0.15, -0.1) is 0 Å². The molecule has 7 nitrogen and oxygen atoms in total. The Morgan fingerprint density at radius 2 is 2.05 bits per heavy atom. The SMILES string of the molecule is Cc1c(S(=O)(=O)N(CCO)C2CCCC2)c(N)nn1C. The van der Waals surface area contributed by atoms with Crippen molar-refractivity contribution in [2.75, 3.05) is 18.9 Å². The van der Waals surface area contributed by atoms with E-state index < -0.39 is 10.0 Å². The molecule has 1 heterocycles. The van der Waals surface area contributed by atoms with Crippen LogP contribution in [0.15, 0.2) is 4.90 Å². The lowest BCUT2D eigenvalue weighted by Gasteiger charge is -2.27. The molecule has 0 bridgehead atoms. The van der Waals surface area contributed by atoms with Crippen LogP contribution in [0, 0.1) is 6.92 Å². The highest BCUT2D eigenvalue weighted by Crippen LogP contribution is 2.31. The molecule has 1 aliphatic carbocycles. The summed E-state index contributed by atoms with van der Waals surface area (Å²) < 4.78 is 28.5. The van der Waals surface area contributed by atoms with Gasteiger partial charge >= 0.3 is 0 Å². The van der Waals surface area contributed by atoms with Crippen LogP contribution in [0.25, 0.3) is 0 Å². The van der Waals surface area contributed by atoms with Crippen LogP contribution in [-0.2, 0) is 17.1 Å². The zero-order valence-corrected chi connectivity index (χ0v) is 12.7. The summed E-state index contributed by atoms with van der Waals surface area (Å²) >= 11 is 0. The van der Waals surface area contributed by atoms with Crippen LogP contribution >= 0.6 is 0 Å². The standard InChI is InChI=1S/C12H22N4O3S/c1-9-11(12(13)14-15(9)2)20(18,19)16(7-8-17)10-5-3-4-6-10/h10,17H,3-8H2,1-2H3,(H2,13,14). The third-order valence-electron chi connectivity index (χ3n) is 3.92. The van der Waals surface area contributed by atoms with Gasteiger partial charge in [-0.1, -0.05) is 12.8 Å². The zero-order valence-electron chi connectivity index (χ0n) is 11.9. The van der Waals surface area contributed by atoms with Crippen molar-refractivity contribution in [1.82, 2.24) is 14.1 Å². The van der Waals surface area contributed by atoms with Gasteiger partial charge in [0, 0.05) is 19.6 Å². The van der Waals surface area contributed by atoms with Crippen molar-refractivity contribution in [3.63, 3.8) is 0 Å². The number of rotatable bonds is 5. The van der Waals surface area contributed by atoms with E-state index in [2.05, 4.69) is 5.10 Å². The molecule has 1 saturated carbocycles. The third-order valence-corrected chi connectivity index (χ3v) is 6.04. The summed E-state index contributed by atoms with van der Waals surface area (Å²) in [7, 11) is -2.06. The van der Waals surface area contributed by atoms with E-state index in [0.29, 0.717) is 5.69 Å². The number of nitrogens with two attached hydrogens (primary N) is 1. The number of aliphatic hydroxyl groups is 1. The molecule has 2 rings (SSSR count). The Bertz CT molecular complexity index is 576. The van der Waals surface area contributed by atoms with Crippen LogP contribution < -0.4 is 5.73 Å². The van der Waals surface area contributed by atoms with Crippen LogP contribution in [0.2, 0.25) is 0 Å². The molecule has 3 N–H and O–H groups in total. The van der Waals surface area contributed by atoms with Gasteiger partial charge in [-0.3, -0.25) is 4.68 Å². The maximum absolute atomic E-state index is 12.8. The van der Waals surface area contributed by atoms with Gasteiger partial charge in [0.2, 0.25) is 10.0 Å². The molecule has 0 unspecified atom stereocenters. The largest absolute Gasteiger partial charge is 0.395 e. The van der Waals surface area contributed by atoms with E-state index in [1.54, 1.807) is 14.0 Å². The lowest BCUT2D eigenvalue weighted by Crippen LogP contribution is -2.41. The Morgan fingerprint density at radius 1 is 1.45 bits per heavy atom. The number of anilines is 1. The van der Waals surface area contributed by atoms with Gasteiger partial charge in [0.05, 0.1) is 12.3 Å². The van der Waals surface area contributed by atoms with Gasteiger partial charge < -0.3 is 10.8 Å². The van der Waals surface area contributed by atoms with Crippen LogP contribution in [0.5, 0.6) is 0 Å². The molecule has 1 aliphatic rings. The lowest BCUT2D eigenvalue weighted by atomic mass is 10.2. The molecule has 0 spiro atoms. The van der Waals surface area contributed by atoms with Crippen LogP contribution in [0.1, 0.15) is 31.4 Å². The molecule has 0 radical (unpaired) electrons. The van der Waals surface area contributed by atoms with Crippen LogP contribution in [-0.4, -0.2) is 46.8 Å². The number of nitrogens with zero attached hydrogens (tertiary/aromatic N) is 3. The van der Waals surface area contributed by atoms with Crippen molar-refractivity contribution in [2.45, 2.75) is 43.5 Å². The highest BCUT2D eigenvalue weighted by Gasteiger charge is 2.36. The number of aromatic nitrogens is 2. The number of hydrogen-bond donors (Lipinski definition) is 2. The first kappa shape index (κ1) is 15.3. The summed E-state index contributed by atoms with van der Waals surface area (Å²) in [4.78, 5) is 0.0698. The van der Waals surface area contributed by atoms with E-state index in [9.17, 15) is 13.5 Å². The van der Waals surface area contributed by atoms with E-state index in [1.165, 1.54) is 8.99 Å². The highest BCUT2D eigenvalue weighted by molar-refractivity contribution is 7.89. The molecule has 8 heteroatoms. The van der Waals surface area contributed by atoms with E-state index in [1.807, 2.05) is 0 Å². The maximum atomic E-state index is 12.8. The Balaban J connectivity index is 2.44. The van der Waals surface area contributed by atoms with Crippen LogP contribution in [0.3, 0.4) is 0 Å². The molecule has 1 aromatic heterocycles. The fourth-order valence-electron chi connectivity index (χ4n) is 2.84. The van der Waals surface area contributed by atoms with Gasteiger partial charge in [0.1, 0.15) is 4.90 Å². The zero-order chi connectivity index (χ0) is 14.9. The minimum atomic E-state index is -3.72. The van der Waals surface area contributed by atoms with Crippen molar-refractivity contribution in [3.05, 3.63) is 5.69 Å². The van der Waals surface area contributed by atoms with E-state index >= 15 is 0 Å². The molecule has 0 aromatic carbocycles. The second kappa shape index (κ2) is 5.71. The topological polar surface area (TPSA) is 101 Å². The Labute approximate surface area is 119 Å². The molecule has 0 saturated heterocycles. The summed E-state index contributed by atoms with van der Waals surface area (Å²) in [5.41, 5.74) is 6.28. The summed E-state index contributed by atoms with van der Waals surface area (Å²) in [6.07, 6.45) is 3.70. The maximum Gasteiger partial charge on any atom is 0.248 e. The van der Waals surface area contributed by atoms with Crippen molar-refractivity contribution in [2.24, 2.45) is 7.05 Å². The first-order valence-corrected chi connectivity index (χ1v) is 8.25. The first-order chi connectivity index (χ1) is 9.39. The third kappa shape index (κ3) is 2.55. The molecular formula is C12H22N4O3S. The van der Waals surface area contributed by atoms with Crippen molar-refractivity contribution < 1.29 is 13.5 Å². The van der Waals surface area contributed by atoms with Gasteiger partial charge in [-0.2, -0.15) is 9.40 Å². The number of aryl methyl sites for hydroxylation is 1.